The molecule has 0 saturated carbocycles. The van der Waals surface area contributed by atoms with Crippen LogP contribution in [0.5, 0.6) is 0 Å². The van der Waals surface area contributed by atoms with E-state index in [0.717, 1.165) is 23.4 Å². The first-order valence-corrected chi connectivity index (χ1v) is 5.00. The summed E-state index contributed by atoms with van der Waals surface area (Å²) in [5, 5.41) is 4.05. The van der Waals surface area contributed by atoms with Crippen LogP contribution < -0.4 is 11.3 Å². The van der Waals surface area contributed by atoms with Crippen LogP contribution >= 0.6 is 11.5 Å². The van der Waals surface area contributed by atoms with Crippen molar-refractivity contribution in [2.24, 2.45) is 5.84 Å². The molecule has 72 valence electrons. The van der Waals surface area contributed by atoms with Crippen molar-refractivity contribution in [3.8, 4) is 0 Å². The number of hydrogen-bond donors (Lipinski definition) is 2. The first-order valence-electron chi connectivity index (χ1n) is 4.23. The van der Waals surface area contributed by atoms with Gasteiger partial charge in [-0.2, -0.15) is 0 Å². The largest absolute Gasteiger partial charge is 0.271 e. The lowest BCUT2D eigenvalue weighted by molar-refractivity contribution is 0.655. The molecule has 5 heteroatoms. The first-order chi connectivity index (χ1) is 6.33. The van der Waals surface area contributed by atoms with Crippen LogP contribution in [0.2, 0.25) is 0 Å². The normalized spacial score (nSPS) is 12.8. The van der Waals surface area contributed by atoms with E-state index in [0.29, 0.717) is 0 Å². The van der Waals surface area contributed by atoms with E-state index in [-0.39, 0.29) is 6.04 Å². The summed E-state index contributed by atoms with van der Waals surface area (Å²) in [6, 6.07) is -0.0263. The second-order valence-corrected chi connectivity index (χ2v) is 3.50. The molecule has 0 saturated heterocycles. The lowest BCUT2D eigenvalue weighted by atomic mass is 10.1. The Labute approximate surface area is 82.0 Å². The van der Waals surface area contributed by atoms with E-state index in [9.17, 15) is 0 Å². The Bertz CT molecular complexity index is 271. The first kappa shape index (κ1) is 10.3. The molecule has 3 N–H and O–H groups in total. The van der Waals surface area contributed by atoms with Crippen LogP contribution in [-0.2, 0) is 6.42 Å². The van der Waals surface area contributed by atoms with Gasteiger partial charge in [-0.1, -0.05) is 23.9 Å². The third-order valence-electron chi connectivity index (χ3n) is 1.77. The molecule has 0 fully saturated rings. The Hall–Kier alpha value is -0.780. The van der Waals surface area contributed by atoms with Crippen molar-refractivity contribution < 1.29 is 0 Å². The van der Waals surface area contributed by atoms with Gasteiger partial charge in [-0.05, 0) is 18.0 Å². The minimum Gasteiger partial charge on any atom is -0.271 e. The summed E-state index contributed by atoms with van der Waals surface area (Å²) in [5.41, 5.74) is 3.69. The summed E-state index contributed by atoms with van der Waals surface area (Å²) in [5.74, 6) is 5.37. The number of nitrogens with one attached hydrogen (secondary N) is 1. The molecule has 1 heterocycles. The Kier molecular flexibility index (Phi) is 4.01. The number of rotatable bonds is 5. The molecule has 0 aliphatic heterocycles. The predicted octanol–water partition coefficient (Wildman–Crippen LogP) is 1.18. The summed E-state index contributed by atoms with van der Waals surface area (Å²) in [6.45, 7) is 5.81. The Morgan fingerprint density at radius 1 is 1.77 bits per heavy atom. The van der Waals surface area contributed by atoms with E-state index in [4.69, 9.17) is 5.84 Å². The monoisotopic (exact) mass is 198 g/mol. The van der Waals surface area contributed by atoms with Crippen molar-refractivity contribution in [2.75, 3.05) is 0 Å². The zero-order valence-electron chi connectivity index (χ0n) is 7.66. The lowest BCUT2D eigenvalue weighted by Crippen LogP contribution is -2.26. The topological polar surface area (TPSA) is 63.8 Å². The highest BCUT2D eigenvalue weighted by Gasteiger charge is 2.14. The Morgan fingerprint density at radius 2 is 2.54 bits per heavy atom. The Balaban J connectivity index is 2.84. The van der Waals surface area contributed by atoms with E-state index in [1.165, 1.54) is 11.5 Å². The highest BCUT2D eigenvalue weighted by molar-refractivity contribution is 7.05. The number of nitrogens with zero attached hydrogens (tertiary/aromatic N) is 2. The van der Waals surface area contributed by atoms with E-state index in [1.54, 1.807) is 6.08 Å². The fraction of sp³-hybridized carbons (Fsp3) is 0.500. The van der Waals surface area contributed by atoms with E-state index < -0.39 is 0 Å². The highest BCUT2D eigenvalue weighted by atomic mass is 32.1. The van der Waals surface area contributed by atoms with Crippen molar-refractivity contribution in [1.82, 2.24) is 15.0 Å². The van der Waals surface area contributed by atoms with Gasteiger partial charge in [0.05, 0.1) is 16.6 Å². The average Bonchev–Trinajstić information content (AvgIpc) is 2.57. The maximum Gasteiger partial charge on any atom is 0.0807 e. The van der Waals surface area contributed by atoms with Gasteiger partial charge in [-0.15, -0.1) is 11.7 Å². The van der Waals surface area contributed by atoms with Crippen LogP contribution in [0.1, 0.15) is 30.0 Å². The van der Waals surface area contributed by atoms with Crippen molar-refractivity contribution >= 4 is 11.5 Å². The molecule has 0 bridgehead atoms. The summed E-state index contributed by atoms with van der Waals surface area (Å²) in [7, 11) is 0. The van der Waals surface area contributed by atoms with E-state index in [1.807, 2.05) is 0 Å². The molecule has 0 aliphatic carbocycles. The molecule has 13 heavy (non-hydrogen) atoms. The summed E-state index contributed by atoms with van der Waals surface area (Å²) < 4.78 is 3.91. The zero-order chi connectivity index (χ0) is 9.68. The second-order valence-electron chi connectivity index (χ2n) is 2.71. The van der Waals surface area contributed by atoms with Crippen molar-refractivity contribution in [1.29, 1.82) is 0 Å². The number of hydrazine groups is 1. The molecule has 1 rings (SSSR count). The molecule has 0 aromatic carbocycles. The van der Waals surface area contributed by atoms with E-state index in [2.05, 4.69) is 28.5 Å². The van der Waals surface area contributed by atoms with Crippen molar-refractivity contribution in [3.63, 3.8) is 0 Å². The molecular formula is C8H14N4S. The molecule has 0 radical (unpaired) electrons. The Morgan fingerprint density at radius 3 is 3.08 bits per heavy atom. The molecule has 1 aromatic rings. The van der Waals surface area contributed by atoms with Gasteiger partial charge in [0.25, 0.3) is 0 Å². The van der Waals surface area contributed by atoms with Crippen LogP contribution in [0.3, 0.4) is 0 Å². The van der Waals surface area contributed by atoms with Gasteiger partial charge in [0, 0.05) is 0 Å². The van der Waals surface area contributed by atoms with Crippen molar-refractivity contribution in [3.05, 3.63) is 23.2 Å². The predicted molar refractivity (Wildman–Crippen MR) is 54.2 cm³/mol. The molecule has 4 nitrogen and oxygen atoms in total. The summed E-state index contributed by atoms with van der Waals surface area (Å²) >= 11 is 1.37. The third-order valence-corrected chi connectivity index (χ3v) is 2.62. The molecule has 1 unspecified atom stereocenters. The molecule has 1 atom stereocenters. The maximum absolute atomic E-state index is 5.37. The van der Waals surface area contributed by atoms with E-state index >= 15 is 0 Å². The van der Waals surface area contributed by atoms with Gasteiger partial charge in [-0.3, -0.25) is 5.84 Å². The third kappa shape index (κ3) is 2.33. The fourth-order valence-electron chi connectivity index (χ4n) is 1.11. The SMILES string of the molecule is C=CC(NN)c1snnc1CCC. The van der Waals surface area contributed by atoms with Crippen LogP contribution in [-0.4, -0.2) is 9.59 Å². The minimum absolute atomic E-state index is 0.0263. The number of nitrogens with two attached hydrogens (primary N) is 1. The number of hydrogen-bond acceptors (Lipinski definition) is 5. The van der Waals surface area contributed by atoms with Gasteiger partial charge in [0.2, 0.25) is 0 Å². The maximum atomic E-state index is 5.37. The number of aromatic nitrogens is 2. The summed E-state index contributed by atoms with van der Waals surface area (Å²) in [4.78, 5) is 1.07. The minimum atomic E-state index is -0.0263. The smallest absolute Gasteiger partial charge is 0.0807 e. The van der Waals surface area contributed by atoms with Gasteiger partial charge < -0.3 is 0 Å². The van der Waals surface area contributed by atoms with Gasteiger partial charge in [-0.25, -0.2) is 5.43 Å². The average molecular weight is 198 g/mol. The van der Waals surface area contributed by atoms with Crippen molar-refractivity contribution in [2.45, 2.75) is 25.8 Å². The van der Waals surface area contributed by atoms with Gasteiger partial charge in [0.15, 0.2) is 0 Å². The lowest BCUT2D eigenvalue weighted by Gasteiger charge is -2.08. The van der Waals surface area contributed by atoms with Gasteiger partial charge >= 0.3 is 0 Å². The van der Waals surface area contributed by atoms with Crippen LogP contribution in [0.15, 0.2) is 12.7 Å². The van der Waals surface area contributed by atoms with Crippen LogP contribution in [0, 0.1) is 0 Å². The molecule has 1 aromatic heterocycles. The van der Waals surface area contributed by atoms with Crippen LogP contribution in [0.25, 0.3) is 0 Å². The van der Waals surface area contributed by atoms with Crippen LogP contribution in [0.4, 0.5) is 0 Å². The molecule has 0 amide bonds. The fourth-order valence-corrected chi connectivity index (χ4v) is 1.87. The highest BCUT2D eigenvalue weighted by Crippen LogP contribution is 2.21. The molecule has 0 aliphatic rings. The quantitative estimate of drug-likeness (QED) is 0.423. The molecule has 0 spiro atoms. The second kappa shape index (κ2) is 5.06. The standard InChI is InChI=1S/C8H14N4S/c1-3-5-7-8(13-12-11-7)6(4-2)10-9/h4,6,10H,2-3,5,9H2,1H3. The molecular weight excluding hydrogens is 184 g/mol. The summed E-state index contributed by atoms with van der Waals surface area (Å²) in [6.07, 6.45) is 3.76. The van der Waals surface area contributed by atoms with Gasteiger partial charge in [0.1, 0.15) is 0 Å². The number of aryl methyl sites for hydroxylation is 1. The zero-order valence-corrected chi connectivity index (χ0v) is 8.47.